The Morgan fingerprint density at radius 3 is 2.67 bits per heavy atom. The van der Waals surface area contributed by atoms with E-state index >= 15 is 0 Å². The fraction of sp³-hybridized carbons (Fsp3) is 0.0833. The second-order valence-electron chi connectivity index (χ2n) is 3.93. The number of hydrogen-bond donors (Lipinski definition) is 3. The first-order valence-corrected chi connectivity index (χ1v) is 6.48. The van der Waals surface area contributed by atoms with Crippen LogP contribution in [0.25, 0.3) is 11.0 Å². The predicted octanol–water partition coefficient (Wildman–Crippen LogP) is 2.65. The van der Waals surface area contributed by atoms with Crippen LogP contribution >= 0.6 is 22.9 Å². The molecule has 0 aliphatic rings. The Hall–Kier alpha value is -1.56. The number of fused-ring (bicyclic) bond motifs is 1. The smallest absolute Gasteiger partial charge is 0.323 e. The number of aromatic nitrogens is 2. The molecule has 6 heteroatoms. The molecule has 1 unspecified atom stereocenters. The predicted molar refractivity (Wildman–Crippen MR) is 72.3 cm³/mol. The highest BCUT2D eigenvalue weighted by atomic mass is 35.5. The maximum Gasteiger partial charge on any atom is 0.323 e. The van der Waals surface area contributed by atoms with Crippen molar-refractivity contribution in [1.29, 1.82) is 0 Å². The molecule has 2 heterocycles. The van der Waals surface area contributed by atoms with E-state index in [1.54, 1.807) is 30.3 Å². The minimum Gasteiger partial charge on any atom is -0.383 e. The van der Waals surface area contributed by atoms with Crippen LogP contribution in [0.15, 0.2) is 35.1 Å². The van der Waals surface area contributed by atoms with E-state index in [-0.39, 0.29) is 5.69 Å². The highest BCUT2D eigenvalue weighted by molar-refractivity contribution is 7.16. The number of aliphatic hydroxyl groups is 1. The van der Waals surface area contributed by atoms with Gasteiger partial charge in [0.1, 0.15) is 6.10 Å². The average Bonchev–Trinajstić information content (AvgIpc) is 2.92. The second kappa shape index (κ2) is 4.28. The highest BCUT2D eigenvalue weighted by Crippen LogP contribution is 2.31. The van der Waals surface area contributed by atoms with E-state index < -0.39 is 6.10 Å². The molecule has 18 heavy (non-hydrogen) atoms. The van der Waals surface area contributed by atoms with Crippen LogP contribution in [0.2, 0.25) is 4.34 Å². The molecule has 0 saturated heterocycles. The summed E-state index contributed by atoms with van der Waals surface area (Å²) < 4.78 is 0.639. The molecule has 1 aromatic carbocycles. The van der Waals surface area contributed by atoms with E-state index in [4.69, 9.17) is 11.6 Å². The standard InChI is InChI=1S/C12H9ClN2O2S/c13-10-4-3-9(18-10)11(16)6-1-2-7-8(5-6)15-12(17)14-7/h1-5,11,16H,(H2,14,15,17). The Labute approximate surface area is 111 Å². The van der Waals surface area contributed by atoms with Gasteiger partial charge < -0.3 is 15.1 Å². The number of aliphatic hydroxyl groups excluding tert-OH is 1. The molecule has 0 amide bonds. The van der Waals surface area contributed by atoms with Crippen LogP contribution < -0.4 is 5.69 Å². The Kier molecular flexibility index (Phi) is 2.74. The van der Waals surface area contributed by atoms with Crippen molar-refractivity contribution in [2.45, 2.75) is 6.10 Å². The van der Waals surface area contributed by atoms with Crippen molar-refractivity contribution in [2.75, 3.05) is 0 Å². The number of hydrogen-bond acceptors (Lipinski definition) is 3. The summed E-state index contributed by atoms with van der Waals surface area (Å²) in [5.41, 5.74) is 1.87. The molecular weight excluding hydrogens is 272 g/mol. The lowest BCUT2D eigenvalue weighted by molar-refractivity contribution is 0.224. The van der Waals surface area contributed by atoms with Crippen LogP contribution in [0.5, 0.6) is 0 Å². The fourth-order valence-electron chi connectivity index (χ4n) is 1.86. The third-order valence-corrected chi connectivity index (χ3v) is 4.00. The number of nitrogens with one attached hydrogen (secondary N) is 2. The van der Waals surface area contributed by atoms with Crippen LogP contribution in [0.4, 0.5) is 0 Å². The average molecular weight is 281 g/mol. The number of imidazole rings is 1. The quantitative estimate of drug-likeness (QED) is 0.675. The first kappa shape index (κ1) is 11.5. The van der Waals surface area contributed by atoms with Crippen LogP contribution in [0, 0.1) is 0 Å². The fourth-order valence-corrected chi connectivity index (χ4v) is 2.94. The Balaban J connectivity index is 2.05. The number of benzene rings is 1. The first-order chi connectivity index (χ1) is 8.63. The lowest BCUT2D eigenvalue weighted by atomic mass is 10.1. The molecule has 0 radical (unpaired) electrons. The third-order valence-electron chi connectivity index (χ3n) is 2.72. The van der Waals surface area contributed by atoms with E-state index in [1.807, 2.05) is 0 Å². The molecule has 92 valence electrons. The minimum absolute atomic E-state index is 0.254. The monoisotopic (exact) mass is 280 g/mol. The first-order valence-electron chi connectivity index (χ1n) is 5.29. The van der Waals surface area contributed by atoms with Gasteiger partial charge in [-0.05, 0) is 29.8 Å². The molecule has 4 nitrogen and oxygen atoms in total. The minimum atomic E-state index is -0.731. The molecule has 3 aromatic rings. The molecule has 0 aliphatic heterocycles. The largest absolute Gasteiger partial charge is 0.383 e. The van der Waals surface area contributed by atoms with Gasteiger partial charge in [-0.2, -0.15) is 0 Å². The molecule has 0 saturated carbocycles. The van der Waals surface area contributed by atoms with Crippen LogP contribution in [0.3, 0.4) is 0 Å². The van der Waals surface area contributed by atoms with E-state index in [0.717, 1.165) is 16.0 Å². The van der Waals surface area contributed by atoms with Crippen molar-refractivity contribution >= 4 is 34.0 Å². The lowest BCUT2D eigenvalue weighted by Gasteiger charge is -2.08. The zero-order chi connectivity index (χ0) is 12.7. The highest BCUT2D eigenvalue weighted by Gasteiger charge is 2.13. The zero-order valence-electron chi connectivity index (χ0n) is 9.11. The molecule has 3 N–H and O–H groups in total. The topological polar surface area (TPSA) is 68.9 Å². The summed E-state index contributed by atoms with van der Waals surface area (Å²) in [7, 11) is 0. The summed E-state index contributed by atoms with van der Waals surface area (Å²) in [6, 6.07) is 8.85. The van der Waals surface area contributed by atoms with Crippen molar-refractivity contribution in [3.05, 3.63) is 55.6 Å². The van der Waals surface area contributed by atoms with Crippen LogP contribution in [0.1, 0.15) is 16.5 Å². The summed E-state index contributed by atoms with van der Waals surface area (Å²) >= 11 is 7.18. The van der Waals surface area contributed by atoms with Gasteiger partial charge in [-0.25, -0.2) is 4.79 Å². The SMILES string of the molecule is O=c1[nH]c2ccc(C(O)c3ccc(Cl)s3)cc2[nH]1. The van der Waals surface area contributed by atoms with Crippen molar-refractivity contribution < 1.29 is 5.11 Å². The zero-order valence-corrected chi connectivity index (χ0v) is 10.7. The van der Waals surface area contributed by atoms with Crippen molar-refractivity contribution in [2.24, 2.45) is 0 Å². The van der Waals surface area contributed by atoms with Crippen LogP contribution in [-0.2, 0) is 0 Å². The molecule has 0 fully saturated rings. The summed E-state index contributed by atoms with van der Waals surface area (Å²) in [6.07, 6.45) is -0.731. The van der Waals surface area contributed by atoms with Crippen molar-refractivity contribution in [3.63, 3.8) is 0 Å². The van der Waals surface area contributed by atoms with Gasteiger partial charge in [-0.1, -0.05) is 17.7 Å². The Morgan fingerprint density at radius 1 is 1.17 bits per heavy atom. The van der Waals surface area contributed by atoms with Gasteiger partial charge in [0.25, 0.3) is 0 Å². The van der Waals surface area contributed by atoms with Crippen molar-refractivity contribution in [3.8, 4) is 0 Å². The summed E-state index contributed by atoms with van der Waals surface area (Å²) in [5.74, 6) is 0. The summed E-state index contributed by atoms with van der Waals surface area (Å²) in [4.78, 5) is 17.3. The molecule has 0 bridgehead atoms. The van der Waals surface area contributed by atoms with Gasteiger partial charge in [-0.3, -0.25) is 0 Å². The molecule has 1 atom stereocenters. The molecule has 3 rings (SSSR count). The van der Waals surface area contributed by atoms with Gasteiger partial charge in [0.05, 0.1) is 15.4 Å². The molecule has 0 aliphatic carbocycles. The van der Waals surface area contributed by atoms with Gasteiger partial charge in [0.2, 0.25) is 0 Å². The second-order valence-corrected chi connectivity index (χ2v) is 5.68. The summed E-state index contributed by atoms with van der Waals surface area (Å²) in [6.45, 7) is 0. The van der Waals surface area contributed by atoms with Gasteiger partial charge in [-0.15, -0.1) is 11.3 Å². The Morgan fingerprint density at radius 2 is 1.94 bits per heavy atom. The Bertz CT molecular complexity index is 759. The van der Waals surface area contributed by atoms with Gasteiger partial charge in [0.15, 0.2) is 0 Å². The number of H-pyrrole nitrogens is 2. The van der Waals surface area contributed by atoms with E-state index in [0.29, 0.717) is 9.85 Å². The maximum absolute atomic E-state index is 11.2. The van der Waals surface area contributed by atoms with Gasteiger partial charge in [0, 0.05) is 4.88 Å². The normalized spacial score (nSPS) is 13.0. The lowest BCUT2D eigenvalue weighted by Crippen LogP contribution is -1.99. The molecule has 2 aromatic heterocycles. The van der Waals surface area contributed by atoms with E-state index in [9.17, 15) is 9.90 Å². The van der Waals surface area contributed by atoms with Crippen LogP contribution in [-0.4, -0.2) is 15.1 Å². The summed E-state index contributed by atoms with van der Waals surface area (Å²) in [5, 5.41) is 10.2. The van der Waals surface area contributed by atoms with Gasteiger partial charge >= 0.3 is 5.69 Å². The third kappa shape index (κ3) is 1.96. The molecular formula is C12H9ClN2O2S. The van der Waals surface area contributed by atoms with Crippen molar-refractivity contribution in [1.82, 2.24) is 9.97 Å². The van der Waals surface area contributed by atoms with E-state index in [2.05, 4.69) is 9.97 Å². The van der Waals surface area contributed by atoms with E-state index in [1.165, 1.54) is 11.3 Å². The number of halogens is 1. The number of aromatic amines is 2. The maximum atomic E-state index is 11.2. The number of rotatable bonds is 2. The number of thiophene rings is 1. The molecule has 0 spiro atoms.